The minimum Gasteiger partial charge on any atom is -0.373 e. The Labute approximate surface area is 155 Å². The third kappa shape index (κ3) is 4.22. The molecule has 3 rings (SSSR count). The van der Waals surface area contributed by atoms with Crippen molar-refractivity contribution in [2.45, 2.75) is 6.92 Å². The summed E-state index contributed by atoms with van der Waals surface area (Å²) in [6.07, 6.45) is 3.08. The first-order chi connectivity index (χ1) is 12.5. The van der Waals surface area contributed by atoms with Gasteiger partial charge >= 0.3 is 0 Å². The number of carbonyl (C=O) groups excluding carboxylic acids is 1. The average molecular weight is 370 g/mol. The van der Waals surface area contributed by atoms with Crippen LogP contribution in [-0.2, 0) is 0 Å². The van der Waals surface area contributed by atoms with Gasteiger partial charge in [-0.1, -0.05) is 11.6 Å². The lowest BCUT2D eigenvalue weighted by molar-refractivity contribution is 0.102. The van der Waals surface area contributed by atoms with Crippen molar-refractivity contribution >= 4 is 40.9 Å². The highest BCUT2D eigenvalue weighted by atomic mass is 35.5. The van der Waals surface area contributed by atoms with Gasteiger partial charge in [0.25, 0.3) is 5.91 Å². The smallest absolute Gasteiger partial charge is 0.259 e. The Hall–Kier alpha value is -3.26. The van der Waals surface area contributed by atoms with Crippen LogP contribution in [0.4, 0.5) is 23.4 Å². The van der Waals surface area contributed by atoms with E-state index in [-0.39, 0.29) is 11.5 Å². The fourth-order valence-electron chi connectivity index (χ4n) is 2.19. The van der Waals surface area contributed by atoms with E-state index in [1.807, 2.05) is 13.0 Å². The highest BCUT2D eigenvalue weighted by Gasteiger charge is 2.13. The molecule has 3 N–H and O–H groups in total. The molecule has 0 aliphatic carbocycles. The fourth-order valence-corrected chi connectivity index (χ4v) is 2.39. The van der Waals surface area contributed by atoms with Gasteiger partial charge < -0.3 is 10.6 Å². The number of anilines is 4. The van der Waals surface area contributed by atoms with Crippen molar-refractivity contribution in [2.75, 3.05) is 23.0 Å². The minimum absolute atomic E-state index is 0.201. The summed E-state index contributed by atoms with van der Waals surface area (Å²) in [5, 5.41) is 8.96. The zero-order valence-corrected chi connectivity index (χ0v) is 14.9. The molecule has 1 amide bonds. The van der Waals surface area contributed by atoms with Gasteiger partial charge in [-0.05, 0) is 31.2 Å². The van der Waals surface area contributed by atoms with Crippen LogP contribution in [0.5, 0.6) is 0 Å². The average Bonchev–Trinajstić information content (AvgIpc) is 2.63. The van der Waals surface area contributed by atoms with E-state index < -0.39 is 5.91 Å². The number of hydrogen-bond donors (Lipinski definition) is 3. The van der Waals surface area contributed by atoms with Crippen molar-refractivity contribution in [1.29, 1.82) is 0 Å². The first kappa shape index (κ1) is 17.6. The van der Waals surface area contributed by atoms with Gasteiger partial charge in [0.2, 0.25) is 11.9 Å². The van der Waals surface area contributed by atoms with Crippen LogP contribution in [0.25, 0.3) is 0 Å². The van der Waals surface area contributed by atoms with Crippen molar-refractivity contribution in [2.24, 2.45) is 0 Å². The molecular formula is C17H16ClN7O. The van der Waals surface area contributed by atoms with Gasteiger partial charge in [-0.15, -0.1) is 0 Å². The van der Waals surface area contributed by atoms with E-state index in [4.69, 9.17) is 11.6 Å². The van der Waals surface area contributed by atoms with Crippen LogP contribution in [0.1, 0.15) is 16.1 Å². The molecule has 8 nitrogen and oxygen atoms in total. The minimum atomic E-state index is -0.411. The number of nitrogens with one attached hydrogen (secondary N) is 3. The summed E-state index contributed by atoms with van der Waals surface area (Å²) in [6, 6.07) is 8.47. The molecule has 0 atom stereocenters. The maximum Gasteiger partial charge on any atom is 0.259 e. The largest absolute Gasteiger partial charge is 0.373 e. The summed E-state index contributed by atoms with van der Waals surface area (Å²) >= 11 is 6.16. The molecule has 0 radical (unpaired) electrons. The zero-order chi connectivity index (χ0) is 18.5. The van der Waals surface area contributed by atoms with Gasteiger partial charge in [0.1, 0.15) is 5.82 Å². The summed E-state index contributed by atoms with van der Waals surface area (Å²) in [6.45, 7) is 1.87. The Morgan fingerprint density at radius 3 is 2.58 bits per heavy atom. The number of aromatic nitrogens is 4. The first-order valence-electron chi connectivity index (χ1n) is 7.73. The molecule has 2 heterocycles. The van der Waals surface area contributed by atoms with Crippen molar-refractivity contribution in [1.82, 2.24) is 19.9 Å². The van der Waals surface area contributed by atoms with E-state index in [9.17, 15) is 4.79 Å². The van der Waals surface area contributed by atoms with Crippen molar-refractivity contribution < 1.29 is 4.79 Å². The fraction of sp³-hybridized carbons (Fsp3) is 0.118. The molecular weight excluding hydrogens is 354 g/mol. The Bertz CT molecular complexity index is 934. The quantitative estimate of drug-likeness (QED) is 0.633. The zero-order valence-electron chi connectivity index (χ0n) is 14.1. The molecule has 0 aliphatic rings. The Morgan fingerprint density at radius 2 is 1.85 bits per heavy atom. The highest BCUT2D eigenvalue weighted by molar-refractivity contribution is 6.34. The van der Waals surface area contributed by atoms with Crippen LogP contribution in [0.15, 0.2) is 42.7 Å². The van der Waals surface area contributed by atoms with Gasteiger partial charge in [0.15, 0.2) is 0 Å². The van der Waals surface area contributed by atoms with Crippen molar-refractivity contribution in [3.63, 3.8) is 0 Å². The molecule has 26 heavy (non-hydrogen) atoms. The topological polar surface area (TPSA) is 105 Å². The van der Waals surface area contributed by atoms with Gasteiger partial charge in [0.05, 0.1) is 10.6 Å². The number of rotatable bonds is 5. The second-order valence-corrected chi connectivity index (χ2v) is 5.72. The van der Waals surface area contributed by atoms with Crippen LogP contribution >= 0.6 is 11.6 Å². The number of hydrogen-bond acceptors (Lipinski definition) is 7. The molecule has 0 saturated heterocycles. The predicted molar refractivity (Wildman–Crippen MR) is 101 cm³/mol. The third-order valence-corrected chi connectivity index (χ3v) is 3.70. The lowest BCUT2D eigenvalue weighted by Crippen LogP contribution is -2.14. The molecule has 0 bridgehead atoms. The molecule has 3 aromatic rings. The molecule has 1 aromatic carbocycles. The normalized spacial score (nSPS) is 10.3. The van der Waals surface area contributed by atoms with Crippen LogP contribution in [0.3, 0.4) is 0 Å². The molecule has 132 valence electrons. The van der Waals surface area contributed by atoms with E-state index in [1.165, 1.54) is 12.4 Å². The molecule has 0 saturated carbocycles. The van der Waals surface area contributed by atoms with E-state index in [1.54, 1.807) is 31.3 Å². The molecule has 0 spiro atoms. The van der Waals surface area contributed by atoms with Gasteiger partial charge in [-0.25, -0.2) is 15.0 Å². The molecule has 0 unspecified atom stereocenters. The summed E-state index contributed by atoms with van der Waals surface area (Å²) < 4.78 is 0. The summed E-state index contributed by atoms with van der Waals surface area (Å²) in [5.74, 6) is 0.890. The molecule has 9 heteroatoms. The van der Waals surface area contributed by atoms with Crippen LogP contribution in [-0.4, -0.2) is 32.9 Å². The van der Waals surface area contributed by atoms with Crippen LogP contribution in [0.2, 0.25) is 5.02 Å². The Morgan fingerprint density at radius 1 is 1.08 bits per heavy atom. The summed E-state index contributed by atoms with van der Waals surface area (Å²) in [5.41, 5.74) is 1.71. The van der Waals surface area contributed by atoms with E-state index in [2.05, 4.69) is 35.9 Å². The molecule has 0 aliphatic heterocycles. The second kappa shape index (κ2) is 7.75. The maximum absolute atomic E-state index is 12.4. The summed E-state index contributed by atoms with van der Waals surface area (Å²) in [7, 11) is 1.78. The lowest BCUT2D eigenvalue weighted by atomic mass is 10.2. The molecule has 0 fully saturated rings. The number of amides is 1. The van der Waals surface area contributed by atoms with Crippen molar-refractivity contribution in [3.05, 3.63) is 59.0 Å². The number of halogens is 1. The monoisotopic (exact) mass is 369 g/mol. The Balaban J connectivity index is 1.83. The third-order valence-electron chi connectivity index (χ3n) is 3.37. The SMILES string of the molecule is CNc1cc(C)nc(Nc2ccc(Cl)c(C(=O)Nc3ncccn3)c2)n1. The first-order valence-corrected chi connectivity index (χ1v) is 8.11. The standard InChI is InChI=1S/C17H16ClN7O/c1-10-8-14(19-2)24-17(22-10)23-11-4-5-13(18)12(9-11)15(26)25-16-20-6-3-7-21-16/h3-9H,1-2H3,(H2,19,22,23,24)(H,20,21,25,26). The molecule has 2 aromatic heterocycles. The van der Waals surface area contributed by atoms with E-state index in [0.29, 0.717) is 22.5 Å². The van der Waals surface area contributed by atoms with Gasteiger partial charge in [-0.3, -0.25) is 10.1 Å². The van der Waals surface area contributed by atoms with Crippen LogP contribution in [0, 0.1) is 6.92 Å². The number of aryl methyl sites for hydroxylation is 1. The highest BCUT2D eigenvalue weighted by Crippen LogP contribution is 2.23. The number of carbonyl (C=O) groups is 1. The second-order valence-electron chi connectivity index (χ2n) is 5.31. The lowest BCUT2D eigenvalue weighted by Gasteiger charge is -2.10. The van der Waals surface area contributed by atoms with Crippen LogP contribution < -0.4 is 16.0 Å². The van der Waals surface area contributed by atoms with Gasteiger partial charge in [-0.2, -0.15) is 4.98 Å². The number of benzene rings is 1. The van der Waals surface area contributed by atoms with E-state index in [0.717, 1.165) is 5.69 Å². The van der Waals surface area contributed by atoms with Gasteiger partial charge in [0, 0.05) is 36.9 Å². The van der Waals surface area contributed by atoms with E-state index >= 15 is 0 Å². The summed E-state index contributed by atoms with van der Waals surface area (Å²) in [4.78, 5) is 29.0. The maximum atomic E-state index is 12.4. The predicted octanol–water partition coefficient (Wildman–Crippen LogP) is 3.27. The Kier molecular flexibility index (Phi) is 5.23. The van der Waals surface area contributed by atoms with Crippen molar-refractivity contribution in [3.8, 4) is 0 Å². The number of nitrogens with zero attached hydrogens (tertiary/aromatic N) is 4.